The number of amides is 1. The van der Waals surface area contributed by atoms with E-state index in [1.54, 1.807) is 12.4 Å². The van der Waals surface area contributed by atoms with E-state index in [-0.39, 0.29) is 10.9 Å². The summed E-state index contributed by atoms with van der Waals surface area (Å²) in [6.07, 6.45) is 7.58. The molecule has 5 heteroatoms. The number of pyridine rings is 1. The van der Waals surface area contributed by atoms with Crippen molar-refractivity contribution in [3.8, 4) is 5.75 Å². The number of thioether (sulfide) groups is 1. The van der Waals surface area contributed by atoms with Gasteiger partial charge in [0.05, 0.1) is 10.9 Å². The minimum absolute atomic E-state index is 0.243. The van der Waals surface area contributed by atoms with E-state index in [1.165, 1.54) is 0 Å². The van der Waals surface area contributed by atoms with E-state index in [0.717, 1.165) is 43.9 Å². The molecule has 114 valence electrons. The monoisotopic (exact) mass is 306 g/mol. The molecule has 1 spiro atoms. The Bertz CT molecular complexity index is 488. The van der Waals surface area contributed by atoms with Crippen LogP contribution in [0.5, 0.6) is 5.75 Å². The largest absolute Gasteiger partial charge is 0.488 e. The summed E-state index contributed by atoms with van der Waals surface area (Å²) < 4.78 is 6.23. The molecular weight excluding hydrogens is 284 g/mol. The van der Waals surface area contributed by atoms with Crippen LogP contribution in [0.15, 0.2) is 24.5 Å². The zero-order valence-corrected chi connectivity index (χ0v) is 13.3. The van der Waals surface area contributed by atoms with Gasteiger partial charge in [-0.25, -0.2) is 0 Å². The van der Waals surface area contributed by atoms with Gasteiger partial charge in [-0.3, -0.25) is 9.78 Å². The molecule has 2 aliphatic rings. The third kappa shape index (κ3) is 3.34. The standard InChI is InChI=1S/C16H22N2O2S/c1-2-3-6-15(19)18-11-16(12-18)8-14(10-21-16)20-13-5-4-7-17-9-13/h4-5,7,9,14H,2-3,6,8,10-12H2,1H3. The van der Waals surface area contributed by atoms with E-state index in [2.05, 4.69) is 11.9 Å². The van der Waals surface area contributed by atoms with Crippen LogP contribution in [0, 0.1) is 0 Å². The fourth-order valence-corrected chi connectivity index (χ4v) is 4.54. The highest BCUT2D eigenvalue weighted by Gasteiger charge is 2.51. The SMILES string of the molecule is CCCCC(=O)N1CC2(CC(Oc3cccnc3)CS2)C1. The number of nitrogens with zero attached hydrogens (tertiary/aromatic N) is 2. The van der Waals surface area contributed by atoms with E-state index >= 15 is 0 Å². The van der Waals surface area contributed by atoms with Gasteiger partial charge in [-0.2, -0.15) is 0 Å². The molecule has 2 aliphatic heterocycles. The maximum absolute atomic E-state index is 12.0. The maximum atomic E-state index is 12.0. The lowest BCUT2D eigenvalue weighted by atomic mass is 9.92. The quantitative estimate of drug-likeness (QED) is 0.839. The molecule has 4 nitrogen and oxygen atoms in total. The van der Waals surface area contributed by atoms with E-state index in [4.69, 9.17) is 4.74 Å². The number of unbranched alkanes of at least 4 members (excludes halogenated alkanes) is 1. The summed E-state index contributed by atoms with van der Waals surface area (Å²) in [5.74, 6) is 2.17. The van der Waals surface area contributed by atoms with Crippen molar-refractivity contribution in [2.45, 2.75) is 43.5 Å². The van der Waals surface area contributed by atoms with Gasteiger partial charge in [-0.05, 0) is 18.6 Å². The second-order valence-corrected chi connectivity index (χ2v) is 7.47. The van der Waals surface area contributed by atoms with Crippen molar-refractivity contribution in [1.82, 2.24) is 9.88 Å². The number of carbonyl (C=O) groups is 1. The second kappa shape index (κ2) is 6.26. The van der Waals surface area contributed by atoms with Gasteiger partial charge in [0.25, 0.3) is 0 Å². The summed E-state index contributed by atoms with van der Waals surface area (Å²) in [5.41, 5.74) is 0. The highest BCUT2D eigenvalue weighted by atomic mass is 32.2. The molecule has 3 heterocycles. The molecule has 2 fully saturated rings. The predicted molar refractivity (Wildman–Crippen MR) is 84.6 cm³/mol. The van der Waals surface area contributed by atoms with E-state index in [1.807, 2.05) is 28.8 Å². The third-order valence-corrected chi connectivity index (χ3v) is 5.74. The Morgan fingerprint density at radius 1 is 1.57 bits per heavy atom. The van der Waals surface area contributed by atoms with Crippen LogP contribution in [-0.4, -0.2) is 45.5 Å². The minimum atomic E-state index is 0.243. The zero-order valence-electron chi connectivity index (χ0n) is 12.5. The number of aromatic nitrogens is 1. The van der Waals surface area contributed by atoms with Crippen molar-refractivity contribution in [3.63, 3.8) is 0 Å². The Labute approximate surface area is 130 Å². The number of hydrogen-bond acceptors (Lipinski definition) is 4. The number of hydrogen-bond donors (Lipinski definition) is 0. The van der Waals surface area contributed by atoms with Gasteiger partial charge < -0.3 is 9.64 Å². The fraction of sp³-hybridized carbons (Fsp3) is 0.625. The van der Waals surface area contributed by atoms with Gasteiger partial charge in [0.1, 0.15) is 11.9 Å². The topological polar surface area (TPSA) is 42.4 Å². The molecule has 0 aliphatic carbocycles. The van der Waals surface area contributed by atoms with E-state index < -0.39 is 0 Å². The van der Waals surface area contributed by atoms with Gasteiger partial charge in [-0.1, -0.05) is 13.3 Å². The van der Waals surface area contributed by atoms with Crippen LogP contribution in [0.2, 0.25) is 0 Å². The molecule has 1 atom stereocenters. The average molecular weight is 306 g/mol. The third-order valence-electron chi connectivity index (χ3n) is 4.17. The molecule has 0 aromatic carbocycles. The summed E-state index contributed by atoms with van der Waals surface area (Å²) >= 11 is 1.96. The van der Waals surface area contributed by atoms with Crippen molar-refractivity contribution in [1.29, 1.82) is 0 Å². The molecule has 3 rings (SSSR count). The Balaban J connectivity index is 1.47. The summed E-state index contributed by atoms with van der Waals surface area (Å²) in [7, 11) is 0. The van der Waals surface area contributed by atoms with Gasteiger partial charge in [-0.15, -0.1) is 11.8 Å². The Hall–Kier alpha value is -1.23. The summed E-state index contributed by atoms with van der Waals surface area (Å²) in [5, 5.41) is 0. The molecule has 0 saturated carbocycles. The van der Waals surface area contributed by atoms with Gasteiger partial charge in [0.15, 0.2) is 0 Å². The fourth-order valence-electron chi connectivity index (χ4n) is 3.02. The molecule has 21 heavy (non-hydrogen) atoms. The van der Waals surface area contributed by atoms with Crippen molar-refractivity contribution in [2.75, 3.05) is 18.8 Å². The van der Waals surface area contributed by atoms with Gasteiger partial charge >= 0.3 is 0 Å². The molecule has 0 radical (unpaired) electrons. The van der Waals surface area contributed by atoms with Crippen LogP contribution >= 0.6 is 11.8 Å². The predicted octanol–water partition coefficient (Wildman–Crippen LogP) is 2.74. The molecule has 1 aromatic heterocycles. The molecule has 0 bridgehead atoms. The minimum Gasteiger partial charge on any atom is -0.488 e. The smallest absolute Gasteiger partial charge is 0.222 e. The van der Waals surface area contributed by atoms with Crippen LogP contribution in [-0.2, 0) is 4.79 Å². The summed E-state index contributed by atoms with van der Waals surface area (Å²) in [6, 6.07) is 3.84. The molecule has 2 saturated heterocycles. The summed E-state index contributed by atoms with van der Waals surface area (Å²) in [6.45, 7) is 3.91. The lowest BCUT2D eigenvalue weighted by Crippen LogP contribution is -2.60. The first-order chi connectivity index (χ1) is 10.2. The molecule has 1 aromatic rings. The average Bonchev–Trinajstić information content (AvgIpc) is 2.88. The van der Waals surface area contributed by atoms with Crippen molar-refractivity contribution < 1.29 is 9.53 Å². The molecular formula is C16H22N2O2S. The van der Waals surface area contributed by atoms with Crippen molar-refractivity contribution in [3.05, 3.63) is 24.5 Å². The van der Waals surface area contributed by atoms with Crippen LogP contribution in [0.4, 0.5) is 0 Å². The lowest BCUT2D eigenvalue weighted by molar-refractivity contribution is -0.136. The number of ether oxygens (including phenoxy) is 1. The maximum Gasteiger partial charge on any atom is 0.222 e. The van der Waals surface area contributed by atoms with Crippen LogP contribution in [0.3, 0.4) is 0 Å². The van der Waals surface area contributed by atoms with Crippen molar-refractivity contribution >= 4 is 17.7 Å². The molecule has 1 unspecified atom stereocenters. The van der Waals surface area contributed by atoms with E-state index in [9.17, 15) is 4.79 Å². The first-order valence-electron chi connectivity index (χ1n) is 7.69. The Morgan fingerprint density at radius 2 is 2.43 bits per heavy atom. The van der Waals surface area contributed by atoms with E-state index in [0.29, 0.717) is 12.3 Å². The normalized spacial score (nSPS) is 23.1. The zero-order chi connectivity index (χ0) is 14.7. The molecule has 0 N–H and O–H groups in total. The Kier molecular flexibility index (Phi) is 4.38. The van der Waals surface area contributed by atoms with Gasteiger partial charge in [0.2, 0.25) is 5.91 Å². The van der Waals surface area contributed by atoms with Gasteiger partial charge in [0, 0.05) is 37.9 Å². The number of likely N-dealkylation sites (tertiary alicyclic amines) is 1. The molecule has 1 amide bonds. The lowest BCUT2D eigenvalue weighted by Gasteiger charge is -2.47. The first kappa shape index (κ1) is 14.7. The number of rotatable bonds is 5. The highest BCUT2D eigenvalue weighted by molar-refractivity contribution is 8.01. The van der Waals surface area contributed by atoms with Crippen LogP contribution in [0.25, 0.3) is 0 Å². The van der Waals surface area contributed by atoms with Crippen LogP contribution < -0.4 is 4.74 Å². The van der Waals surface area contributed by atoms with Crippen LogP contribution in [0.1, 0.15) is 32.6 Å². The number of carbonyl (C=O) groups excluding carboxylic acids is 1. The highest BCUT2D eigenvalue weighted by Crippen LogP contribution is 2.46. The Morgan fingerprint density at radius 3 is 3.14 bits per heavy atom. The second-order valence-electron chi connectivity index (χ2n) is 5.98. The first-order valence-corrected chi connectivity index (χ1v) is 8.68. The van der Waals surface area contributed by atoms with Crippen molar-refractivity contribution in [2.24, 2.45) is 0 Å². The summed E-state index contributed by atoms with van der Waals surface area (Å²) in [4.78, 5) is 18.1.